The molecule has 158 valence electrons. The Morgan fingerprint density at radius 2 is 1.87 bits per heavy atom. The molecule has 2 aromatic rings. The number of benzene rings is 1. The maximum Gasteiger partial charge on any atom is 0.322 e. The highest BCUT2D eigenvalue weighted by atomic mass is 32.2. The number of thioether (sulfide) groups is 1. The van der Waals surface area contributed by atoms with Gasteiger partial charge in [0.25, 0.3) is 0 Å². The van der Waals surface area contributed by atoms with Gasteiger partial charge in [-0.25, -0.2) is 9.78 Å². The van der Waals surface area contributed by atoms with E-state index in [9.17, 15) is 9.59 Å². The van der Waals surface area contributed by atoms with Gasteiger partial charge in [0, 0.05) is 44.2 Å². The molecule has 0 aliphatic carbocycles. The molecule has 0 spiro atoms. The first-order chi connectivity index (χ1) is 14.7. The van der Waals surface area contributed by atoms with Crippen LogP contribution in [-0.4, -0.2) is 59.8 Å². The van der Waals surface area contributed by atoms with Crippen LogP contribution in [-0.2, 0) is 11.3 Å². The van der Waals surface area contributed by atoms with Crippen molar-refractivity contribution in [2.75, 3.05) is 36.8 Å². The number of aromatic nitrogens is 1. The quantitative estimate of drug-likeness (QED) is 0.770. The average Bonchev–Trinajstić information content (AvgIpc) is 2.79. The monoisotopic (exact) mass is 425 g/mol. The van der Waals surface area contributed by atoms with Gasteiger partial charge in [0.05, 0.1) is 12.2 Å². The van der Waals surface area contributed by atoms with E-state index in [0.717, 1.165) is 48.9 Å². The Morgan fingerprint density at radius 1 is 1.07 bits per heavy atom. The van der Waals surface area contributed by atoms with Gasteiger partial charge >= 0.3 is 6.03 Å². The first-order valence-electron chi connectivity index (χ1n) is 10.4. The Hall–Kier alpha value is -2.58. The molecule has 3 heterocycles. The number of carbonyl (C=O) groups is 2. The molecule has 2 aliphatic rings. The summed E-state index contributed by atoms with van der Waals surface area (Å²) in [5.74, 6) is 0.660. The number of fused-ring (bicyclic) bond motifs is 1. The highest BCUT2D eigenvalue weighted by Crippen LogP contribution is 2.32. The number of rotatable bonds is 5. The maximum atomic E-state index is 12.6. The first-order valence-corrected chi connectivity index (χ1v) is 11.4. The first kappa shape index (κ1) is 20.7. The zero-order valence-electron chi connectivity index (χ0n) is 16.9. The largest absolute Gasteiger partial charge is 0.352 e. The van der Waals surface area contributed by atoms with E-state index in [-0.39, 0.29) is 24.5 Å². The van der Waals surface area contributed by atoms with Gasteiger partial charge in [-0.2, -0.15) is 0 Å². The summed E-state index contributed by atoms with van der Waals surface area (Å²) in [6, 6.07) is 14.1. The van der Waals surface area contributed by atoms with Gasteiger partial charge in [-0.05, 0) is 30.5 Å². The molecule has 8 heteroatoms. The zero-order chi connectivity index (χ0) is 20.8. The van der Waals surface area contributed by atoms with Crippen LogP contribution in [0.2, 0.25) is 0 Å². The highest BCUT2D eigenvalue weighted by molar-refractivity contribution is 7.99. The number of piperidine rings is 1. The van der Waals surface area contributed by atoms with E-state index >= 15 is 0 Å². The Labute approximate surface area is 181 Å². The van der Waals surface area contributed by atoms with Crippen LogP contribution in [0.4, 0.5) is 10.5 Å². The van der Waals surface area contributed by atoms with Crippen molar-refractivity contribution in [3.05, 3.63) is 54.2 Å². The van der Waals surface area contributed by atoms with Crippen molar-refractivity contribution in [2.45, 2.75) is 30.5 Å². The number of hydrogen-bond acceptors (Lipinski definition) is 5. The molecule has 0 unspecified atom stereocenters. The summed E-state index contributed by atoms with van der Waals surface area (Å²) < 4.78 is 0. The standard InChI is InChI=1S/C22H27N5O2S/c28-20(15-24-22(29)27-13-14-30-21-19(27)7-4-10-23-21)25-18-8-11-26(12-9-18)16-17-5-2-1-3-6-17/h1-7,10,18H,8-9,11-16H2,(H,24,29)(H,25,28). The Balaban J connectivity index is 1.19. The summed E-state index contributed by atoms with van der Waals surface area (Å²) in [5.41, 5.74) is 2.12. The van der Waals surface area contributed by atoms with Crippen LogP contribution >= 0.6 is 11.8 Å². The molecule has 1 aromatic heterocycles. The zero-order valence-corrected chi connectivity index (χ0v) is 17.7. The lowest BCUT2D eigenvalue weighted by Crippen LogP contribution is -2.49. The second-order valence-electron chi connectivity index (χ2n) is 7.59. The molecule has 7 nitrogen and oxygen atoms in total. The lowest BCUT2D eigenvalue weighted by molar-refractivity contribution is -0.121. The number of pyridine rings is 1. The van der Waals surface area contributed by atoms with E-state index in [1.165, 1.54) is 5.56 Å². The van der Waals surface area contributed by atoms with E-state index in [2.05, 4.69) is 44.8 Å². The number of amides is 3. The van der Waals surface area contributed by atoms with Crippen molar-refractivity contribution >= 4 is 29.4 Å². The maximum absolute atomic E-state index is 12.6. The molecule has 1 fully saturated rings. The summed E-state index contributed by atoms with van der Waals surface area (Å²) >= 11 is 1.64. The van der Waals surface area contributed by atoms with E-state index in [4.69, 9.17) is 0 Å². The Kier molecular flexibility index (Phi) is 6.86. The number of anilines is 1. The third kappa shape index (κ3) is 5.31. The normalized spacial score (nSPS) is 17.3. The summed E-state index contributed by atoms with van der Waals surface area (Å²) in [5, 5.41) is 6.67. The molecule has 1 aromatic carbocycles. The smallest absolute Gasteiger partial charge is 0.322 e. The molecule has 30 heavy (non-hydrogen) atoms. The predicted molar refractivity (Wildman–Crippen MR) is 119 cm³/mol. The van der Waals surface area contributed by atoms with Gasteiger partial charge < -0.3 is 10.6 Å². The fourth-order valence-corrected chi connectivity index (χ4v) is 4.80. The number of hydrogen-bond donors (Lipinski definition) is 2. The fraction of sp³-hybridized carbons (Fsp3) is 0.409. The predicted octanol–water partition coefficient (Wildman–Crippen LogP) is 2.48. The number of carbonyl (C=O) groups excluding carboxylic acids is 2. The topological polar surface area (TPSA) is 77.6 Å². The van der Waals surface area contributed by atoms with Crippen molar-refractivity contribution < 1.29 is 9.59 Å². The second-order valence-corrected chi connectivity index (χ2v) is 8.67. The molecular formula is C22H27N5O2S. The third-order valence-corrected chi connectivity index (χ3v) is 6.42. The Morgan fingerprint density at radius 3 is 2.67 bits per heavy atom. The van der Waals surface area contributed by atoms with E-state index in [1.807, 2.05) is 18.2 Å². The molecular weight excluding hydrogens is 398 g/mol. The van der Waals surface area contributed by atoms with Crippen molar-refractivity contribution in [1.82, 2.24) is 20.5 Å². The summed E-state index contributed by atoms with van der Waals surface area (Å²) in [7, 11) is 0. The summed E-state index contributed by atoms with van der Waals surface area (Å²) in [6.45, 7) is 3.46. The third-order valence-electron chi connectivity index (χ3n) is 5.44. The number of likely N-dealkylation sites (tertiary alicyclic amines) is 1. The molecule has 4 rings (SSSR count). The van der Waals surface area contributed by atoms with Crippen molar-refractivity contribution in [3.8, 4) is 0 Å². The van der Waals surface area contributed by atoms with Gasteiger partial charge in [0.2, 0.25) is 5.91 Å². The lowest BCUT2D eigenvalue weighted by Gasteiger charge is -2.32. The highest BCUT2D eigenvalue weighted by Gasteiger charge is 2.25. The minimum atomic E-state index is -0.252. The van der Waals surface area contributed by atoms with Gasteiger partial charge in [0.1, 0.15) is 5.03 Å². The molecule has 1 saturated heterocycles. The van der Waals surface area contributed by atoms with Gasteiger partial charge in [-0.3, -0.25) is 14.6 Å². The molecule has 2 N–H and O–H groups in total. The average molecular weight is 426 g/mol. The van der Waals surface area contributed by atoms with E-state index in [0.29, 0.717) is 6.54 Å². The van der Waals surface area contributed by atoms with Gasteiger partial charge in [0.15, 0.2) is 0 Å². The number of nitrogens with one attached hydrogen (secondary N) is 2. The molecule has 2 aliphatic heterocycles. The van der Waals surface area contributed by atoms with Crippen LogP contribution in [0.3, 0.4) is 0 Å². The minimum absolute atomic E-state index is 0.0116. The van der Waals surface area contributed by atoms with Gasteiger partial charge in [-0.1, -0.05) is 30.3 Å². The minimum Gasteiger partial charge on any atom is -0.352 e. The second kappa shape index (κ2) is 9.95. The van der Waals surface area contributed by atoms with E-state index in [1.54, 1.807) is 22.9 Å². The SMILES string of the molecule is O=C(CNC(=O)N1CCSc2ncccc21)NC1CCN(Cc2ccccc2)CC1. The van der Waals surface area contributed by atoms with Crippen molar-refractivity contribution in [2.24, 2.45) is 0 Å². The molecule has 0 radical (unpaired) electrons. The van der Waals surface area contributed by atoms with Crippen LogP contribution in [0.15, 0.2) is 53.7 Å². The van der Waals surface area contributed by atoms with Crippen LogP contribution < -0.4 is 15.5 Å². The van der Waals surface area contributed by atoms with Crippen LogP contribution in [0.25, 0.3) is 0 Å². The van der Waals surface area contributed by atoms with Gasteiger partial charge in [-0.15, -0.1) is 11.8 Å². The molecule has 3 amide bonds. The fourth-order valence-electron chi connectivity index (χ4n) is 3.87. The molecule has 0 saturated carbocycles. The van der Waals surface area contributed by atoms with Crippen LogP contribution in [0.1, 0.15) is 18.4 Å². The summed E-state index contributed by atoms with van der Waals surface area (Å²) in [6.07, 6.45) is 3.58. The number of nitrogens with zero attached hydrogens (tertiary/aromatic N) is 3. The summed E-state index contributed by atoms with van der Waals surface area (Å²) in [4.78, 5) is 33.3. The molecule has 0 atom stereocenters. The van der Waals surface area contributed by atoms with Crippen LogP contribution in [0.5, 0.6) is 0 Å². The van der Waals surface area contributed by atoms with Crippen molar-refractivity contribution in [3.63, 3.8) is 0 Å². The lowest BCUT2D eigenvalue weighted by atomic mass is 10.0. The molecule has 0 bridgehead atoms. The number of urea groups is 1. The van der Waals surface area contributed by atoms with Crippen molar-refractivity contribution in [1.29, 1.82) is 0 Å². The Bertz CT molecular complexity index is 871. The van der Waals surface area contributed by atoms with Crippen LogP contribution in [0, 0.1) is 0 Å². The van der Waals surface area contributed by atoms with E-state index < -0.39 is 0 Å².